The van der Waals surface area contributed by atoms with Crippen molar-refractivity contribution in [2.45, 2.75) is 51.4 Å². The van der Waals surface area contributed by atoms with E-state index in [1.807, 2.05) is 0 Å². The predicted octanol–water partition coefficient (Wildman–Crippen LogP) is 2.28. The van der Waals surface area contributed by atoms with Crippen molar-refractivity contribution in [3.8, 4) is 0 Å². The van der Waals surface area contributed by atoms with Crippen molar-refractivity contribution in [2.24, 2.45) is 5.41 Å². The first-order valence-corrected chi connectivity index (χ1v) is 5.52. The molecule has 0 spiro atoms. The summed E-state index contributed by atoms with van der Waals surface area (Å²) in [4.78, 5) is 21.6. The molecular weight excluding hydrogens is 196 g/mol. The molecule has 0 heterocycles. The summed E-state index contributed by atoms with van der Waals surface area (Å²) in [6, 6.07) is 0. The molecule has 0 saturated heterocycles. The van der Waals surface area contributed by atoms with Gasteiger partial charge in [-0.15, -0.1) is 0 Å². The molecule has 1 saturated carbocycles. The van der Waals surface area contributed by atoms with Crippen LogP contribution in [-0.2, 0) is 9.59 Å². The number of aliphatic carboxylic acids is 2. The fourth-order valence-electron chi connectivity index (χ4n) is 2.38. The minimum Gasteiger partial charge on any atom is -0.481 e. The molecule has 1 aliphatic rings. The van der Waals surface area contributed by atoms with Crippen LogP contribution < -0.4 is 0 Å². The van der Waals surface area contributed by atoms with Crippen molar-refractivity contribution < 1.29 is 19.8 Å². The Bertz CT molecular complexity index is 241. The van der Waals surface area contributed by atoms with Gasteiger partial charge in [-0.05, 0) is 25.7 Å². The van der Waals surface area contributed by atoms with E-state index in [9.17, 15) is 14.7 Å². The molecule has 4 heteroatoms. The Morgan fingerprint density at radius 2 is 1.67 bits per heavy atom. The van der Waals surface area contributed by atoms with Crippen molar-refractivity contribution in [2.75, 3.05) is 0 Å². The van der Waals surface area contributed by atoms with Crippen LogP contribution in [0.5, 0.6) is 0 Å². The molecule has 15 heavy (non-hydrogen) atoms. The summed E-state index contributed by atoms with van der Waals surface area (Å²) in [5.41, 5.74) is -0.631. The molecule has 0 aromatic rings. The Hall–Kier alpha value is -1.06. The van der Waals surface area contributed by atoms with Gasteiger partial charge < -0.3 is 10.2 Å². The third-order valence-electron chi connectivity index (χ3n) is 3.31. The number of rotatable bonds is 5. The number of carboxylic acids is 2. The number of carboxylic acid groups (broad SMARTS) is 2. The van der Waals surface area contributed by atoms with E-state index in [4.69, 9.17) is 5.11 Å². The Balaban J connectivity index is 2.49. The Morgan fingerprint density at radius 1 is 1.07 bits per heavy atom. The highest BCUT2D eigenvalue weighted by Crippen LogP contribution is 2.40. The van der Waals surface area contributed by atoms with Gasteiger partial charge in [-0.25, -0.2) is 0 Å². The summed E-state index contributed by atoms with van der Waals surface area (Å²) in [5.74, 6) is -1.58. The molecule has 0 aliphatic heterocycles. The second-order valence-electron chi connectivity index (χ2n) is 4.39. The maximum Gasteiger partial charge on any atom is 0.309 e. The minimum atomic E-state index is -0.841. The van der Waals surface area contributed by atoms with Crippen LogP contribution in [0.25, 0.3) is 0 Å². The summed E-state index contributed by atoms with van der Waals surface area (Å²) >= 11 is 0. The molecule has 0 atom stereocenters. The molecule has 0 aromatic carbocycles. The van der Waals surface area contributed by atoms with E-state index in [-0.39, 0.29) is 6.42 Å². The van der Waals surface area contributed by atoms with Gasteiger partial charge in [0.1, 0.15) is 0 Å². The first-order valence-electron chi connectivity index (χ1n) is 5.52. The zero-order valence-electron chi connectivity index (χ0n) is 8.87. The molecule has 86 valence electrons. The van der Waals surface area contributed by atoms with Crippen LogP contribution in [0.1, 0.15) is 51.4 Å². The van der Waals surface area contributed by atoms with Crippen molar-refractivity contribution >= 4 is 11.9 Å². The molecule has 1 aliphatic carbocycles. The number of hydrogen-bond acceptors (Lipinski definition) is 2. The van der Waals surface area contributed by atoms with E-state index < -0.39 is 17.4 Å². The minimum absolute atomic E-state index is 0.0784. The van der Waals surface area contributed by atoms with Gasteiger partial charge in [0.05, 0.1) is 5.41 Å². The summed E-state index contributed by atoms with van der Waals surface area (Å²) in [6.45, 7) is 0. The maximum atomic E-state index is 11.2. The number of hydrogen-bond donors (Lipinski definition) is 2. The van der Waals surface area contributed by atoms with Crippen LogP contribution in [0.15, 0.2) is 0 Å². The van der Waals surface area contributed by atoms with Crippen LogP contribution in [-0.4, -0.2) is 22.2 Å². The normalized spacial score (nSPS) is 19.7. The van der Waals surface area contributed by atoms with Gasteiger partial charge in [-0.2, -0.15) is 0 Å². The van der Waals surface area contributed by atoms with Crippen LogP contribution in [0, 0.1) is 5.41 Å². The lowest BCUT2D eigenvalue weighted by Crippen LogP contribution is -2.33. The molecule has 2 N–H and O–H groups in total. The van der Waals surface area contributed by atoms with Crippen LogP contribution >= 0.6 is 0 Å². The Morgan fingerprint density at radius 3 is 2.13 bits per heavy atom. The topological polar surface area (TPSA) is 74.6 Å². The zero-order valence-corrected chi connectivity index (χ0v) is 8.87. The first kappa shape index (κ1) is 12.0. The summed E-state index contributed by atoms with van der Waals surface area (Å²) < 4.78 is 0. The van der Waals surface area contributed by atoms with Gasteiger partial charge in [0.2, 0.25) is 0 Å². The predicted molar refractivity (Wildman–Crippen MR) is 54.6 cm³/mol. The Labute approximate surface area is 89.3 Å². The third-order valence-corrected chi connectivity index (χ3v) is 3.31. The number of carbonyl (C=O) groups is 2. The molecular formula is C11H18O4. The highest BCUT2D eigenvalue weighted by atomic mass is 16.4. The van der Waals surface area contributed by atoms with Gasteiger partial charge >= 0.3 is 11.9 Å². The van der Waals surface area contributed by atoms with Gasteiger partial charge in [-0.3, -0.25) is 9.59 Å². The maximum absolute atomic E-state index is 11.2. The fraction of sp³-hybridized carbons (Fsp3) is 0.818. The fourth-order valence-corrected chi connectivity index (χ4v) is 2.38. The van der Waals surface area contributed by atoms with E-state index in [1.165, 1.54) is 0 Å². The van der Waals surface area contributed by atoms with Crippen LogP contribution in [0.4, 0.5) is 0 Å². The van der Waals surface area contributed by atoms with E-state index in [1.54, 1.807) is 0 Å². The zero-order chi connectivity index (χ0) is 11.3. The van der Waals surface area contributed by atoms with E-state index in [0.29, 0.717) is 25.7 Å². The highest BCUT2D eigenvalue weighted by molar-refractivity contribution is 5.74. The second kappa shape index (κ2) is 5.14. The molecule has 0 bridgehead atoms. The molecule has 0 unspecified atom stereocenters. The van der Waals surface area contributed by atoms with Crippen molar-refractivity contribution in [1.29, 1.82) is 0 Å². The summed E-state index contributed by atoms with van der Waals surface area (Å²) in [5, 5.41) is 17.7. The van der Waals surface area contributed by atoms with Gasteiger partial charge in [-0.1, -0.05) is 19.3 Å². The van der Waals surface area contributed by atoms with E-state index in [2.05, 4.69) is 0 Å². The SMILES string of the molecule is O=C(O)CCCC1(C(=O)O)CCCCC1. The van der Waals surface area contributed by atoms with E-state index >= 15 is 0 Å². The lowest BCUT2D eigenvalue weighted by atomic mass is 9.71. The van der Waals surface area contributed by atoms with Crippen molar-refractivity contribution in [1.82, 2.24) is 0 Å². The highest BCUT2D eigenvalue weighted by Gasteiger charge is 2.38. The third kappa shape index (κ3) is 3.22. The molecule has 0 radical (unpaired) electrons. The summed E-state index contributed by atoms with van der Waals surface area (Å²) in [6.07, 6.45) is 5.50. The van der Waals surface area contributed by atoms with Gasteiger partial charge in [0.25, 0.3) is 0 Å². The van der Waals surface area contributed by atoms with Gasteiger partial charge in [0, 0.05) is 6.42 Å². The molecule has 1 fully saturated rings. The average molecular weight is 214 g/mol. The Kier molecular flexibility index (Phi) is 4.12. The standard InChI is InChI=1S/C11H18O4/c12-9(13)5-4-8-11(10(14)15)6-2-1-3-7-11/h1-8H2,(H,12,13)(H,14,15). The van der Waals surface area contributed by atoms with Gasteiger partial charge in [0.15, 0.2) is 0 Å². The largest absolute Gasteiger partial charge is 0.481 e. The smallest absolute Gasteiger partial charge is 0.309 e. The lowest BCUT2D eigenvalue weighted by Gasteiger charge is -2.33. The molecule has 4 nitrogen and oxygen atoms in total. The van der Waals surface area contributed by atoms with E-state index in [0.717, 1.165) is 19.3 Å². The van der Waals surface area contributed by atoms with Crippen LogP contribution in [0.3, 0.4) is 0 Å². The first-order chi connectivity index (χ1) is 7.07. The van der Waals surface area contributed by atoms with Crippen molar-refractivity contribution in [3.05, 3.63) is 0 Å². The lowest BCUT2D eigenvalue weighted by molar-refractivity contribution is -0.152. The quantitative estimate of drug-likeness (QED) is 0.736. The average Bonchev–Trinajstić information content (AvgIpc) is 2.18. The molecule has 0 aromatic heterocycles. The molecule has 0 amide bonds. The second-order valence-corrected chi connectivity index (χ2v) is 4.39. The monoisotopic (exact) mass is 214 g/mol. The van der Waals surface area contributed by atoms with Crippen molar-refractivity contribution in [3.63, 3.8) is 0 Å². The van der Waals surface area contributed by atoms with Crippen LogP contribution in [0.2, 0.25) is 0 Å². The summed E-state index contributed by atoms with van der Waals surface area (Å²) in [7, 11) is 0. The molecule has 1 rings (SSSR count).